The molecule has 0 aliphatic carbocycles. The first kappa shape index (κ1) is 8.67. The Bertz CT molecular complexity index is 225. The van der Waals surface area contributed by atoms with E-state index >= 15 is 0 Å². The molecule has 0 saturated carbocycles. The molecule has 1 heterocycles. The molecule has 1 fully saturated rings. The lowest BCUT2D eigenvalue weighted by Gasteiger charge is -1.87. The first-order valence-electron chi connectivity index (χ1n) is 3.09. The molecule has 3 nitrogen and oxygen atoms in total. The summed E-state index contributed by atoms with van der Waals surface area (Å²) in [6, 6.07) is 0. The number of rotatable bonds is 2. The van der Waals surface area contributed by atoms with Gasteiger partial charge in [0, 0.05) is 0 Å². The van der Waals surface area contributed by atoms with E-state index < -0.39 is 0 Å². The van der Waals surface area contributed by atoms with Crippen molar-refractivity contribution in [1.29, 1.82) is 0 Å². The SMILES string of the molecule is CCSC=C1SC(=O)NC1=O. The Morgan fingerprint density at radius 3 is 2.82 bits per heavy atom. The van der Waals surface area contributed by atoms with Crippen LogP contribution in [0.2, 0.25) is 0 Å². The van der Waals surface area contributed by atoms with Gasteiger partial charge in [-0.2, -0.15) is 0 Å². The van der Waals surface area contributed by atoms with Gasteiger partial charge in [-0.15, -0.1) is 11.8 Å². The van der Waals surface area contributed by atoms with Crippen molar-refractivity contribution in [1.82, 2.24) is 5.32 Å². The van der Waals surface area contributed by atoms with Gasteiger partial charge in [0.1, 0.15) is 0 Å². The molecule has 60 valence electrons. The maximum atomic E-state index is 10.9. The minimum atomic E-state index is -0.280. The van der Waals surface area contributed by atoms with Crippen LogP contribution in [-0.2, 0) is 4.79 Å². The monoisotopic (exact) mass is 189 g/mol. The second kappa shape index (κ2) is 3.82. The van der Waals surface area contributed by atoms with Crippen LogP contribution in [0.5, 0.6) is 0 Å². The molecule has 1 N–H and O–H groups in total. The molecule has 0 aromatic rings. The van der Waals surface area contributed by atoms with Crippen LogP contribution in [0.15, 0.2) is 10.3 Å². The Hall–Kier alpha value is -0.420. The van der Waals surface area contributed by atoms with E-state index in [-0.39, 0.29) is 11.1 Å². The largest absolute Gasteiger partial charge is 0.290 e. The number of hydrogen-bond donors (Lipinski definition) is 1. The average Bonchev–Trinajstić information content (AvgIpc) is 2.26. The highest BCUT2D eigenvalue weighted by Gasteiger charge is 2.24. The predicted octanol–water partition coefficient (Wildman–Crippen LogP) is 1.56. The van der Waals surface area contributed by atoms with Gasteiger partial charge >= 0.3 is 0 Å². The highest BCUT2D eigenvalue weighted by atomic mass is 32.2. The first-order chi connectivity index (χ1) is 5.24. The molecular formula is C6H7NO2S2. The number of hydrogen-bond acceptors (Lipinski definition) is 4. The highest BCUT2D eigenvalue weighted by Crippen LogP contribution is 2.25. The Labute approximate surface area is 73.0 Å². The molecule has 0 unspecified atom stereocenters. The zero-order valence-electron chi connectivity index (χ0n) is 5.92. The number of carbonyl (C=O) groups excluding carboxylic acids is 2. The Balaban J connectivity index is 2.59. The maximum Gasteiger partial charge on any atom is 0.290 e. The summed E-state index contributed by atoms with van der Waals surface area (Å²) in [4.78, 5) is 22.0. The van der Waals surface area contributed by atoms with E-state index in [1.165, 1.54) is 11.8 Å². The fourth-order valence-electron chi connectivity index (χ4n) is 0.563. The third-order valence-corrected chi connectivity index (χ3v) is 2.69. The van der Waals surface area contributed by atoms with E-state index in [4.69, 9.17) is 0 Å². The first-order valence-corrected chi connectivity index (χ1v) is 4.95. The van der Waals surface area contributed by atoms with Crippen molar-refractivity contribution in [3.05, 3.63) is 10.3 Å². The summed E-state index contributed by atoms with van der Waals surface area (Å²) >= 11 is 2.47. The number of amides is 2. The molecule has 0 spiro atoms. The van der Waals surface area contributed by atoms with Crippen molar-refractivity contribution in [3.63, 3.8) is 0 Å². The molecule has 1 rings (SSSR count). The van der Waals surface area contributed by atoms with Crippen LogP contribution in [0.4, 0.5) is 4.79 Å². The molecule has 0 aromatic carbocycles. The number of nitrogens with one attached hydrogen (secondary N) is 1. The van der Waals surface area contributed by atoms with Crippen molar-refractivity contribution in [3.8, 4) is 0 Å². The van der Waals surface area contributed by atoms with Crippen LogP contribution < -0.4 is 5.32 Å². The third kappa shape index (κ3) is 2.27. The predicted molar refractivity (Wildman–Crippen MR) is 47.3 cm³/mol. The Morgan fingerprint density at radius 1 is 1.64 bits per heavy atom. The van der Waals surface area contributed by atoms with Gasteiger partial charge < -0.3 is 0 Å². The third-order valence-electron chi connectivity index (χ3n) is 0.999. The minimum absolute atomic E-state index is 0.277. The van der Waals surface area contributed by atoms with E-state index in [0.717, 1.165) is 17.5 Å². The Morgan fingerprint density at radius 2 is 2.36 bits per heavy atom. The quantitative estimate of drug-likeness (QED) is 0.670. The van der Waals surface area contributed by atoms with Gasteiger partial charge in [-0.1, -0.05) is 6.92 Å². The average molecular weight is 189 g/mol. The molecule has 1 aliphatic rings. The number of thioether (sulfide) groups is 2. The summed E-state index contributed by atoms with van der Waals surface area (Å²) in [6.07, 6.45) is 0. The fraction of sp³-hybridized carbons (Fsp3) is 0.333. The van der Waals surface area contributed by atoms with E-state index in [9.17, 15) is 9.59 Å². The van der Waals surface area contributed by atoms with Crippen molar-refractivity contribution in [2.45, 2.75) is 6.92 Å². The van der Waals surface area contributed by atoms with Crippen LogP contribution in [0, 0.1) is 0 Å². The van der Waals surface area contributed by atoms with Gasteiger partial charge in [-0.05, 0) is 22.9 Å². The van der Waals surface area contributed by atoms with Crippen LogP contribution in [0.3, 0.4) is 0 Å². The molecule has 0 atom stereocenters. The van der Waals surface area contributed by atoms with Gasteiger partial charge in [0.2, 0.25) is 0 Å². The van der Waals surface area contributed by atoms with Gasteiger partial charge in [-0.3, -0.25) is 14.9 Å². The Kier molecular flexibility index (Phi) is 3.02. The second-order valence-electron chi connectivity index (χ2n) is 1.78. The van der Waals surface area contributed by atoms with E-state index in [1.807, 2.05) is 6.92 Å². The smallest absolute Gasteiger partial charge is 0.282 e. The lowest BCUT2D eigenvalue weighted by molar-refractivity contribution is -0.115. The zero-order chi connectivity index (χ0) is 8.27. The molecule has 0 aromatic heterocycles. The molecule has 0 bridgehead atoms. The highest BCUT2D eigenvalue weighted by molar-refractivity contribution is 8.19. The van der Waals surface area contributed by atoms with Crippen molar-refractivity contribution >= 4 is 34.7 Å². The summed E-state index contributed by atoms with van der Waals surface area (Å²) in [7, 11) is 0. The summed E-state index contributed by atoms with van der Waals surface area (Å²) in [5, 5.41) is 3.61. The van der Waals surface area contributed by atoms with Gasteiger partial charge in [-0.25, -0.2) is 0 Å². The topological polar surface area (TPSA) is 46.2 Å². The second-order valence-corrected chi connectivity index (χ2v) is 3.94. The van der Waals surface area contributed by atoms with Gasteiger partial charge in [0.05, 0.1) is 4.91 Å². The van der Waals surface area contributed by atoms with Crippen LogP contribution in [-0.4, -0.2) is 16.9 Å². The molecule has 11 heavy (non-hydrogen) atoms. The van der Waals surface area contributed by atoms with Gasteiger partial charge in [0.25, 0.3) is 11.1 Å². The van der Waals surface area contributed by atoms with Crippen LogP contribution >= 0.6 is 23.5 Å². The van der Waals surface area contributed by atoms with Crippen molar-refractivity contribution in [2.75, 3.05) is 5.75 Å². The van der Waals surface area contributed by atoms with E-state index in [2.05, 4.69) is 5.32 Å². The molecule has 1 aliphatic heterocycles. The minimum Gasteiger partial charge on any atom is -0.282 e. The fourth-order valence-corrected chi connectivity index (χ4v) is 1.87. The molecular weight excluding hydrogens is 182 g/mol. The zero-order valence-corrected chi connectivity index (χ0v) is 7.55. The lowest BCUT2D eigenvalue weighted by Crippen LogP contribution is -2.17. The van der Waals surface area contributed by atoms with Crippen LogP contribution in [0.25, 0.3) is 0 Å². The summed E-state index contributed by atoms with van der Waals surface area (Å²) in [5.41, 5.74) is 0. The summed E-state index contributed by atoms with van der Waals surface area (Å²) in [6.45, 7) is 1.99. The number of carbonyl (C=O) groups is 2. The van der Waals surface area contributed by atoms with E-state index in [1.54, 1.807) is 5.41 Å². The summed E-state index contributed by atoms with van der Waals surface area (Å²) < 4.78 is 0. The molecule has 0 radical (unpaired) electrons. The normalized spacial score (nSPS) is 21.0. The molecule has 5 heteroatoms. The maximum absolute atomic E-state index is 10.9. The van der Waals surface area contributed by atoms with Crippen molar-refractivity contribution in [2.24, 2.45) is 0 Å². The molecule has 1 saturated heterocycles. The number of imide groups is 1. The van der Waals surface area contributed by atoms with E-state index in [0.29, 0.717) is 4.91 Å². The van der Waals surface area contributed by atoms with Crippen LogP contribution in [0.1, 0.15) is 6.92 Å². The van der Waals surface area contributed by atoms with Gasteiger partial charge in [0.15, 0.2) is 0 Å². The molecule has 2 amide bonds. The lowest BCUT2D eigenvalue weighted by atomic mass is 10.6. The van der Waals surface area contributed by atoms with Crippen molar-refractivity contribution < 1.29 is 9.59 Å². The summed E-state index contributed by atoms with van der Waals surface area (Å²) in [5.74, 6) is 0.631. The standard InChI is InChI=1S/C6H7NO2S2/c1-2-10-3-4-5(8)7-6(9)11-4/h3H,2H2,1H3,(H,7,8,9).